The Kier molecular flexibility index (Phi) is 2.98. The molecule has 1 aromatic carbocycles. The lowest BCUT2D eigenvalue weighted by atomic mass is 9.88. The van der Waals surface area contributed by atoms with E-state index in [2.05, 4.69) is 5.32 Å². The van der Waals surface area contributed by atoms with Crippen molar-refractivity contribution in [2.45, 2.75) is 25.7 Å². The molecule has 0 aliphatic heterocycles. The van der Waals surface area contributed by atoms with E-state index < -0.39 is 0 Å². The minimum absolute atomic E-state index is 0.190. The van der Waals surface area contributed by atoms with Crippen molar-refractivity contribution in [3.05, 3.63) is 24.3 Å². The molecule has 0 heterocycles. The number of carbonyl (C=O) groups excluding carboxylic acids is 1. The number of rotatable bonds is 3. The van der Waals surface area contributed by atoms with E-state index >= 15 is 0 Å². The van der Waals surface area contributed by atoms with Crippen LogP contribution in [0.5, 0.6) is 5.75 Å². The number of ether oxygens (including phenoxy) is 1. The summed E-state index contributed by atoms with van der Waals surface area (Å²) in [6.45, 7) is 0. The van der Waals surface area contributed by atoms with Crippen molar-refractivity contribution in [2.24, 2.45) is 17.8 Å². The Morgan fingerprint density at radius 1 is 1.33 bits per heavy atom. The normalized spacial score (nSPS) is 29.3. The lowest BCUT2D eigenvalue weighted by molar-refractivity contribution is -0.121. The second kappa shape index (κ2) is 4.63. The zero-order valence-electron chi connectivity index (χ0n) is 10.7. The maximum absolute atomic E-state index is 12.3. The quantitative estimate of drug-likeness (QED) is 0.888. The van der Waals surface area contributed by atoms with Gasteiger partial charge < -0.3 is 10.1 Å². The van der Waals surface area contributed by atoms with Crippen LogP contribution in [-0.2, 0) is 4.79 Å². The van der Waals surface area contributed by atoms with Crippen LogP contribution >= 0.6 is 0 Å². The summed E-state index contributed by atoms with van der Waals surface area (Å²) in [7, 11) is 1.64. The average molecular weight is 245 g/mol. The van der Waals surface area contributed by atoms with Crippen LogP contribution in [0.3, 0.4) is 0 Å². The summed E-state index contributed by atoms with van der Waals surface area (Å²) < 4.78 is 5.16. The molecule has 0 aromatic heterocycles. The second-order valence-corrected chi connectivity index (χ2v) is 5.50. The number of benzene rings is 1. The molecule has 1 amide bonds. The molecule has 18 heavy (non-hydrogen) atoms. The molecule has 2 aliphatic carbocycles. The highest BCUT2D eigenvalue weighted by molar-refractivity contribution is 5.93. The van der Waals surface area contributed by atoms with Crippen LogP contribution in [0.15, 0.2) is 24.3 Å². The van der Waals surface area contributed by atoms with Crippen LogP contribution < -0.4 is 10.1 Å². The molecular formula is C15H19NO2. The molecule has 0 spiro atoms. The smallest absolute Gasteiger partial charge is 0.227 e. The number of carbonyl (C=O) groups is 1. The van der Waals surface area contributed by atoms with Crippen molar-refractivity contribution in [2.75, 3.05) is 12.4 Å². The fourth-order valence-electron chi connectivity index (χ4n) is 3.50. The van der Waals surface area contributed by atoms with Gasteiger partial charge in [-0.1, -0.05) is 12.5 Å². The molecular weight excluding hydrogens is 226 g/mol. The molecule has 3 nitrogen and oxygen atoms in total. The monoisotopic (exact) mass is 245 g/mol. The van der Waals surface area contributed by atoms with Crippen LogP contribution in [0, 0.1) is 17.8 Å². The fraction of sp³-hybridized carbons (Fsp3) is 0.533. The Morgan fingerprint density at radius 2 is 2.22 bits per heavy atom. The van der Waals surface area contributed by atoms with E-state index in [1.54, 1.807) is 7.11 Å². The van der Waals surface area contributed by atoms with Crippen molar-refractivity contribution in [1.82, 2.24) is 0 Å². The van der Waals surface area contributed by atoms with E-state index in [-0.39, 0.29) is 11.8 Å². The number of methoxy groups -OCH3 is 1. The van der Waals surface area contributed by atoms with Crippen LogP contribution in [0.2, 0.25) is 0 Å². The van der Waals surface area contributed by atoms with Crippen LogP contribution in [0.25, 0.3) is 0 Å². The van der Waals surface area contributed by atoms with Gasteiger partial charge in [0.15, 0.2) is 0 Å². The minimum Gasteiger partial charge on any atom is -0.497 e. The first kappa shape index (κ1) is 11.6. The summed E-state index contributed by atoms with van der Waals surface area (Å²) in [6, 6.07) is 7.56. The van der Waals surface area contributed by atoms with E-state index in [0.717, 1.165) is 23.8 Å². The molecule has 3 heteroatoms. The molecule has 2 fully saturated rings. The van der Waals surface area contributed by atoms with Gasteiger partial charge in [0.05, 0.1) is 7.11 Å². The Hall–Kier alpha value is -1.51. The van der Waals surface area contributed by atoms with E-state index in [9.17, 15) is 4.79 Å². The number of nitrogens with one attached hydrogen (secondary N) is 1. The number of fused-ring (bicyclic) bond motifs is 2. The van der Waals surface area contributed by atoms with Gasteiger partial charge in [-0.05, 0) is 43.2 Å². The van der Waals surface area contributed by atoms with Gasteiger partial charge in [-0.15, -0.1) is 0 Å². The molecule has 1 N–H and O–H groups in total. The molecule has 2 aliphatic rings. The van der Waals surface area contributed by atoms with Gasteiger partial charge in [0, 0.05) is 17.7 Å². The van der Waals surface area contributed by atoms with Crippen molar-refractivity contribution < 1.29 is 9.53 Å². The summed E-state index contributed by atoms with van der Waals surface area (Å²) in [4.78, 5) is 12.3. The van der Waals surface area contributed by atoms with Crippen molar-refractivity contribution in [3.63, 3.8) is 0 Å². The van der Waals surface area contributed by atoms with Gasteiger partial charge in [-0.25, -0.2) is 0 Å². The van der Waals surface area contributed by atoms with Crippen LogP contribution in [-0.4, -0.2) is 13.0 Å². The zero-order chi connectivity index (χ0) is 12.5. The Labute approximate surface area is 108 Å². The van der Waals surface area contributed by atoms with Gasteiger partial charge in [0.25, 0.3) is 0 Å². The fourth-order valence-corrected chi connectivity index (χ4v) is 3.50. The average Bonchev–Trinajstić information content (AvgIpc) is 3.01. The summed E-state index contributed by atoms with van der Waals surface area (Å²) >= 11 is 0. The van der Waals surface area contributed by atoms with Crippen molar-refractivity contribution >= 4 is 11.6 Å². The highest BCUT2D eigenvalue weighted by Crippen LogP contribution is 2.48. The summed E-state index contributed by atoms with van der Waals surface area (Å²) in [5.74, 6) is 2.63. The standard InChI is InChI=1S/C15H19NO2/c1-18-13-4-2-3-12(9-13)16-15(17)14-8-10-5-6-11(14)7-10/h2-4,9-11,14H,5-8H2,1H3,(H,16,17)/t10-,11+,14+/m0/s1. The minimum atomic E-state index is 0.190. The van der Waals surface area contributed by atoms with Crippen molar-refractivity contribution in [3.8, 4) is 5.75 Å². The highest BCUT2D eigenvalue weighted by Gasteiger charge is 2.42. The van der Waals surface area contributed by atoms with E-state index in [0.29, 0.717) is 5.92 Å². The predicted molar refractivity (Wildman–Crippen MR) is 70.6 cm³/mol. The lowest BCUT2D eigenvalue weighted by Gasteiger charge is -2.20. The number of amides is 1. The molecule has 2 bridgehead atoms. The second-order valence-electron chi connectivity index (χ2n) is 5.50. The lowest BCUT2D eigenvalue weighted by Crippen LogP contribution is -2.27. The maximum Gasteiger partial charge on any atom is 0.227 e. The van der Waals surface area contributed by atoms with Gasteiger partial charge in [-0.3, -0.25) is 4.79 Å². The van der Waals surface area contributed by atoms with E-state index in [4.69, 9.17) is 4.74 Å². The highest BCUT2D eigenvalue weighted by atomic mass is 16.5. The number of anilines is 1. The summed E-state index contributed by atoms with van der Waals surface area (Å²) in [5.41, 5.74) is 0.835. The topological polar surface area (TPSA) is 38.3 Å². The SMILES string of the molecule is COc1cccc(NC(=O)[C@@H]2C[C@H]3CC[C@@H]2C3)c1. The largest absolute Gasteiger partial charge is 0.497 e. The van der Waals surface area contributed by atoms with Crippen LogP contribution in [0.1, 0.15) is 25.7 Å². The molecule has 0 unspecified atom stereocenters. The predicted octanol–water partition coefficient (Wildman–Crippen LogP) is 3.07. The molecule has 3 rings (SSSR count). The van der Waals surface area contributed by atoms with Gasteiger partial charge in [0.2, 0.25) is 5.91 Å². The molecule has 96 valence electrons. The van der Waals surface area contributed by atoms with Crippen molar-refractivity contribution in [1.29, 1.82) is 0 Å². The Balaban J connectivity index is 1.67. The first-order chi connectivity index (χ1) is 8.76. The number of hydrogen-bond acceptors (Lipinski definition) is 2. The van der Waals surface area contributed by atoms with Crippen LogP contribution in [0.4, 0.5) is 5.69 Å². The van der Waals surface area contributed by atoms with E-state index in [1.165, 1.54) is 19.3 Å². The zero-order valence-corrected chi connectivity index (χ0v) is 10.7. The molecule has 0 saturated heterocycles. The third-order valence-electron chi connectivity index (χ3n) is 4.41. The molecule has 2 saturated carbocycles. The van der Waals surface area contributed by atoms with Gasteiger partial charge in [-0.2, -0.15) is 0 Å². The third-order valence-corrected chi connectivity index (χ3v) is 4.41. The molecule has 3 atom stereocenters. The van der Waals surface area contributed by atoms with Gasteiger partial charge >= 0.3 is 0 Å². The first-order valence-corrected chi connectivity index (χ1v) is 6.71. The van der Waals surface area contributed by atoms with Gasteiger partial charge in [0.1, 0.15) is 5.75 Å². The maximum atomic E-state index is 12.3. The summed E-state index contributed by atoms with van der Waals surface area (Å²) in [5, 5.41) is 3.02. The summed E-state index contributed by atoms with van der Waals surface area (Å²) in [6.07, 6.45) is 4.91. The molecule has 1 aromatic rings. The Morgan fingerprint density at radius 3 is 2.89 bits per heavy atom. The van der Waals surface area contributed by atoms with E-state index in [1.807, 2.05) is 24.3 Å². The Bertz CT molecular complexity index is 458. The molecule has 0 radical (unpaired) electrons. The number of hydrogen-bond donors (Lipinski definition) is 1. The first-order valence-electron chi connectivity index (χ1n) is 6.71. The third kappa shape index (κ3) is 2.09.